The van der Waals surface area contributed by atoms with Crippen LogP contribution in [0.3, 0.4) is 0 Å². The molecule has 1 aliphatic rings. The van der Waals surface area contributed by atoms with Gasteiger partial charge in [0.1, 0.15) is 0 Å². The number of nitro groups is 1. The highest BCUT2D eigenvalue weighted by atomic mass is 19.4. The lowest BCUT2D eigenvalue weighted by Crippen LogP contribution is -2.75. The van der Waals surface area contributed by atoms with Gasteiger partial charge < -0.3 is 0 Å². The summed E-state index contributed by atoms with van der Waals surface area (Å²) >= 11 is 0. The topological polar surface area (TPSA) is 81.5 Å². The van der Waals surface area contributed by atoms with Crippen molar-refractivity contribution in [2.24, 2.45) is 5.10 Å². The fraction of sp³-hybridized carbons (Fsp3) is 0.429. The van der Waals surface area contributed by atoms with Crippen LogP contribution in [0.5, 0.6) is 0 Å². The Labute approximate surface area is 130 Å². The standard InChI is InChI=1S/C14H15F3N4O2/c15-14(16,17)11-5-4-6-12(21(22)23)10(11)9-19-20-13-7-2-1-3-8-18-13/h4-6,9H,1-3,7-8H2,(H,18,20)/p+1/b19-9-. The number of amidine groups is 1. The molecular formula is C14H16F3N4O2+. The summed E-state index contributed by atoms with van der Waals surface area (Å²) < 4.78 is 39.0. The van der Waals surface area contributed by atoms with Crippen molar-refractivity contribution in [1.29, 1.82) is 0 Å². The maximum Gasteiger partial charge on any atom is 0.417 e. The molecule has 0 radical (unpaired) electrons. The number of nitrogens with one attached hydrogen (secondary N) is 2. The van der Waals surface area contributed by atoms with Crippen LogP contribution in [0.2, 0.25) is 0 Å². The first-order chi connectivity index (χ1) is 10.9. The van der Waals surface area contributed by atoms with E-state index in [4.69, 9.17) is 0 Å². The number of halogens is 3. The quantitative estimate of drug-likeness (QED) is 0.502. The number of alkyl halides is 3. The van der Waals surface area contributed by atoms with Crippen LogP contribution in [-0.2, 0) is 6.18 Å². The first kappa shape index (κ1) is 16.9. The first-order valence-electron chi connectivity index (χ1n) is 7.13. The molecule has 9 heteroatoms. The zero-order valence-corrected chi connectivity index (χ0v) is 12.2. The molecule has 6 nitrogen and oxygen atoms in total. The molecule has 2 rings (SSSR count). The minimum atomic E-state index is -4.69. The Bertz CT molecular complexity index is 641. The van der Waals surface area contributed by atoms with E-state index in [2.05, 4.69) is 15.5 Å². The molecule has 1 aromatic carbocycles. The van der Waals surface area contributed by atoms with E-state index in [0.29, 0.717) is 12.3 Å². The van der Waals surface area contributed by atoms with Gasteiger partial charge in [-0.2, -0.15) is 18.6 Å². The molecule has 23 heavy (non-hydrogen) atoms. The maximum absolute atomic E-state index is 13.0. The van der Waals surface area contributed by atoms with Gasteiger partial charge in [-0.25, -0.2) is 0 Å². The average molecular weight is 329 g/mol. The van der Waals surface area contributed by atoms with Gasteiger partial charge in [0.2, 0.25) is 0 Å². The Morgan fingerprint density at radius 2 is 2.09 bits per heavy atom. The van der Waals surface area contributed by atoms with Crippen molar-refractivity contribution in [2.45, 2.75) is 31.9 Å². The van der Waals surface area contributed by atoms with Crippen LogP contribution in [0.4, 0.5) is 18.9 Å². The minimum Gasteiger partial charge on any atom is -0.277 e. The average Bonchev–Trinajstić information content (AvgIpc) is 2.75. The van der Waals surface area contributed by atoms with Crippen LogP contribution >= 0.6 is 0 Å². The molecule has 1 heterocycles. The zero-order chi connectivity index (χ0) is 16.9. The Morgan fingerprint density at radius 1 is 1.30 bits per heavy atom. The van der Waals surface area contributed by atoms with E-state index < -0.39 is 27.9 Å². The highest BCUT2D eigenvalue weighted by molar-refractivity contribution is 5.88. The van der Waals surface area contributed by atoms with Crippen molar-refractivity contribution < 1.29 is 23.1 Å². The fourth-order valence-electron chi connectivity index (χ4n) is 2.30. The van der Waals surface area contributed by atoms with Gasteiger partial charge in [-0.1, -0.05) is 11.2 Å². The molecule has 1 aliphatic heterocycles. The van der Waals surface area contributed by atoms with Crippen molar-refractivity contribution in [1.82, 2.24) is 5.43 Å². The van der Waals surface area contributed by atoms with Gasteiger partial charge in [0, 0.05) is 6.07 Å². The van der Waals surface area contributed by atoms with E-state index in [1.165, 1.54) is 0 Å². The molecule has 0 amide bonds. The minimum absolute atomic E-state index is 0.563. The van der Waals surface area contributed by atoms with Crippen molar-refractivity contribution in [3.8, 4) is 0 Å². The van der Waals surface area contributed by atoms with E-state index in [0.717, 1.165) is 50.2 Å². The molecule has 2 N–H and O–H groups in total. The maximum atomic E-state index is 13.0. The smallest absolute Gasteiger partial charge is 0.277 e. The summed E-state index contributed by atoms with van der Waals surface area (Å²) in [7, 11) is 0. The summed E-state index contributed by atoms with van der Waals surface area (Å²) in [6.07, 6.45) is -0.117. The van der Waals surface area contributed by atoms with Crippen LogP contribution < -0.4 is 10.4 Å². The fourth-order valence-corrected chi connectivity index (χ4v) is 2.30. The molecule has 0 aliphatic carbocycles. The second-order valence-corrected chi connectivity index (χ2v) is 5.08. The number of nitrogens with zero attached hydrogens (tertiary/aromatic N) is 2. The lowest BCUT2D eigenvalue weighted by molar-refractivity contribution is -0.459. The van der Waals surface area contributed by atoms with Gasteiger partial charge in [-0.3, -0.25) is 15.1 Å². The van der Waals surface area contributed by atoms with Crippen LogP contribution in [-0.4, -0.2) is 23.5 Å². The second kappa shape index (κ2) is 7.21. The summed E-state index contributed by atoms with van der Waals surface area (Å²) in [4.78, 5) is 13.2. The monoisotopic (exact) mass is 329 g/mol. The molecule has 0 saturated heterocycles. The normalized spacial score (nSPS) is 16.0. The number of hydrogen-bond acceptors (Lipinski definition) is 4. The van der Waals surface area contributed by atoms with E-state index in [9.17, 15) is 23.3 Å². The zero-order valence-electron chi connectivity index (χ0n) is 12.2. The molecule has 0 aromatic heterocycles. The summed E-state index contributed by atoms with van der Waals surface area (Å²) in [5.74, 6) is 0.700. The van der Waals surface area contributed by atoms with Crippen molar-refractivity contribution in [3.05, 3.63) is 39.4 Å². The van der Waals surface area contributed by atoms with E-state index in [1.807, 2.05) is 0 Å². The highest BCUT2D eigenvalue weighted by Crippen LogP contribution is 2.34. The molecule has 0 fully saturated rings. The van der Waals surface area contributed by atoms with Gasteiger partial charge in [-0.15, -0.1) is 0 Å². The molecular weight excluding hydrogens is 313 g/mol. The third-order valence-electron chi connectivity index (χ3n) is 3.42. The predicted molar refractivity (Wildman–Crippen MR) is 78.1 cm³/mol. The van der Waals surface area contributed by atoms with Gasteiger partial charge in [0.15, 0.2) is 0 Å². The third-order valence-corrected chi connectivity index (χ3v) is 3.42. The molecule has 0 saturated carbocycles. The Hall–Kier alpha value is -2.45. The van der Waals surface area contributed by atoms with Gasteiger partial charge in [0.05, 0.1) is 35.2 Å². The number of hydrogen-bond donors (Lipinski definition) is 2. The van der Waals surface area contributed by atoms with Gasteiger partial charge in [0.25, 0.3) is 11.5 Å². The summed E-state index contributed by atoms with van der Waals surface area (Å²) in [5.41, 5.74) is 0.355. The number of rotatable bonds is 3. The predicted octanol–water partition coefficient (Wildman–Crippen LogP) is 1.59. The van der Waals surface area contributed by atoms with Gasteiger partial charge in [-0.05, 0) is 25.3 Å². The van der Waals surface area contributed by atoms with E-state index in [-0.39, 0.29) is 0 Å². The van der Waals surface area contributed by atoms with Crippen LogP contribution in [0.25, 0.3) is 0 Å². The molecule has 1 aromatic rings. The lowest BCUT2D eigenvalue weighted by atomic mass is 10.1. The third kappa shape index (κ3) is 4.51. The van der Waals surface area contributed by atoms with Crippen molar-refractivity contribution in [2.75, 3.05) is 6.54 Å². The van der Waals surface area contributed by atoms with Crippen LogP contribution in [0.1, 0.15) is 36.8 Å². The largest absolute Gasteiger partial charge is 0.417 e. The summed E-state index contributed by atoms with van der Waals surface area (Å²) in [6, 6.07) is 2.83. The number of benzene rings is 1. The Balaban J connectivity index is 2.28. The first-order valence-corrected chi connectivity index (χ1v) is 7.13. The Kier molecular flexibility index (Phi) is 5.30. The summed E-state index contributed by atoms with van der Waals surface area (Å²) in [5, 5.41) is 14.7. The molecule has 124 valence electrons. The van der Waals surface area contributed by atoms with Gasteiger partial charge >= 0.3 is 6.18 Å². The van der Waals surface area contributed by atoms with Crippen molar-refractivity contribution in [3.63, 3.8) is 0 Å². The molecule has 0 bridgehead atoms. The highest BCUT2D eigenvalue weighted by Gasteiger charge is 2.36. The molecule has 0 unspecified atom stereocenters. The van der Waals surface area contributed by atoms with Crippen LogP contribution in [0, 0.1) is 10.1 Å². The Morgan fingerprint density at radius 3 is 2.78 bits per heavy atom. The second-order valence-electron chi connectivity index (χ2n) is 5.08. The van der Waals surface area contributed by atoms with Crippen LogP contribution in [0.15, 0.2) is 23.3 Å². The molecule has 0 atom stereocenters. The van der Waals surface area contributed by atoms with E-state index >= 15 is 0 Å². The number of hydrazone groups is 1. The molecule has 0 spiro atoms. The lowest BCUT2D eigenvalue weighted by Gasteiger charge is -2.09. The summed E-state index contributed by atoms with van der Waals surface area (Å²) in [6.45, 7) is 0.761. The number of nitro benzene ring substituents is 1. The van der Waals surface area contributed by atoms with E-state index in [1.54, 1.807) is 0 Å². The van der Waals surface area contributed by atoms with Crippen molar-refractivity contribution >= 4 is 17.7 Å². The SMILES string of the molecule is O=[N+]([O-])c1cccc(C(F)(F)F)c1/C=N\NC1=[NH+]CCCCC1.